The van der Waals surface area contributed by atoms with Crippen LogP contribution in [0.25, 0.3) is 10.2 Å². The van der Waals surface area contributed by atoms with Crippen molar-refractivity contribution in [1.82, 2.24) is 4.98 Å². The summed E-state index contributed by atoms with van der Waals surface area (Å²) in [6.45, 7) is 0.750. The van der Waals surface area contributed by atoms with Gasteiger partial charge in [-0.2, -0.15) is 0 Å². The third kappa shape index (κ3) is 3.53. The van der Waals surface area contributed by atoms with Crippen LogP contribution >= 0.6 is 50.2 Å². The van der Waals surface area contributed by atoms with E-state index in [1.165, 1.54) is 4.88 Å². The van der Waals surface area contributed by atoms with Crippen molar-refractivity contribution < 1.29 is 5.11 Å². The molecule has 4 N–H and O–H groups in total. The maximum absolute atomic E-state index is 10.2. The predicted octanol–water partition coefficient (Wildman–Crippen LogP) is 5.34. The summed E-state index contributed by atoms with van der Waals surface area (Å²) in [6.07, 6.45) is 2.30. The highest BCUT2D eigenvalue weighted by Gasteiger charge is 2.33. The van der Waals surface area contributed by atoms with Gasteiger partial charge in [-0.05, 0) is 40.2 Å². The molecule has 0 spiro atoms. The molecule has 3 atom stereocenters. The first kappa shape index (κ1) is 18.7. The van der Waals surface area contributed by atoms with E-state index < -0.39 is 6.10 Å². The second-order valence-electron chi connectivity index (χ2n) is 6.57. The maximum atomic E-state index is 10.2. The second-order valence-corrected chi connectivity index (χ2v) is 9.83. The molecule has 1 aliphatic rings. The Hall–Kier alpha value is -0.700. The van der Waals surface area contributed by atoms with E-state index in [9.17, 15) is 5.11 Å². The van der Waals surface area contributed by atoms with Gasteiger partial charge in [0.05, 0.1) is 26.5 Å². The summed E-state index contributed by atoms with van der Waals surface area (Å²) >= 11 is 13.4. The maximum Gasteiger partial charge on any atom is 0.131 e. The first-order valence-corrected chi connectivity index (χ1v) is 11.4. The quantitative estimate of drug-likeness (QED) is 0.448. The van der Waals surface area contributed by atoms with Crippen molar-refractivity contribution in [1.29, 1.82) is 0 Å². The largest absolute Gasteiger partial charge is 0.391 e. The van der Waals surface area contributed by atoms with Gasteiger partial charge >= 0.3 is 0 Å². The van der Waals surface area contributed by atoms with Gasteiger partial charge in [0, 0.05) is 34.3 Å². The van der Waals surface area contributed by atoms with Crippen LogP contribution in [0.15, 0.2) is 28.1 Å². The van der Waals surface area contributed by atoms with Gasteiger partial charge in [-0.15, -0.1) is 22.7 Å². The van der Waals surface area contributed by atoms with Crippen molar-refractivity contribution >= 4 is 66.1 Å². The number of nitrogens with one attached hydrogen (secondary N) is 1. The number of nitrogens with two attached hydrogens (primary N) is 1. The van der Waals surface area contributed by atoms with Gasteiger partial charge in [-0.1, -0.05) is 24.1 Å². The van der Waals surface area contributed by atoms with E-state index in [2.05, 4.69) is 37.7 Å². The monoisotopic (exact) mass is 471 g/mol. The van der Waals surface area contributed by atoms with Crippen molar-refractivity contribution in [2.45, 2.75) is 43.9 Å². The molecular formula is C18H19BrClN3OS2. The Morgan fingerprint density at radius 1 is 1.42 bits per heavy atom. The number of rotatable bonds is 4. The minimum absolute atomic E-state index is 0.135. The average molecular weight is 473 g/mol. The Morgan fingerprint density at radius 3 is 3.04 bits per heavy atom. The number of nitrogens with zero attached hydrogens (tertiary/aromatic N) is 1. The summed E-state index contributed by atoms with van der Waals surface area (Å²) in [6, 6.07) is 5.79. The van der Waals surface area contributed by atoms with E-state index in [0.29, 0.717) is 5.15 Å². The number of aliphatic hydroxyl groups is 1. The lowest BCUT2D eigenvalue weighted by molar-refractivity contribution is 0.0969. The molecule has 138 valence electrons. The molecule has 0 radical (unpaired) electrons. The summed E-state index contributed by atoms with van der Waals surface area (Å²) in [4.78, 5) is 6.94. The molecule has 0 aromatic carbocycles. The predicted molar refractivity (Wildman–Crippen MR) is 115 cm³/mol. The number of aromatic nitrogens is 1. The van der Waals surface area contributed by atoms with Crippen LogP contribution in [0.3, 0.4) is 0 Å². The van der Waals surface area contributed by atoms with Crippen LogP contribution in [-0.4, -0.2) is 22.2 Å². The first-order valence-electron chi connectivity index (χ1n) is 8.53. The zero-order valence-electron chi connectivity index (χ0n) is 13.9. The molecule has 1 fully saturated rings. The molecule has 26 heavy (non-hydrogen) atoms. The van der Waals surface area contributed by atoms with Gasteiger partial charge in [0.25, 0.3) is 0 Å². The van der Waals surface area contributed by atoms with Crippen LogP contribution in [0.5, 0.6) is 0 Å². The molecule has 0 saturated heterocycles. The minimum Gasteiger partial charge on any atom is -0.391 e. The number of aliphatic hydroxyl groups excluding tert-OH is 1. The van der Waals surface area contributed by atoms with Gasteiger partial charge in [-0.25, -0.2) is 4.98 Å². The lowest BCUT2D eigenvalue weighted by atomic mass is 9.82. The van der Waals surface area contributed by atoms with Crippen LogP contribution in [0.4, 0.5) is 5.69 Å². The summed E-state index contributed by atoms with van der Waals surface area (Å²) in [5.41, 5.74) is 8.15. The van der Waals surface area contributed by atoms with E-state index in [0.717, 1.165) is 51.1 Å². The molecular weight excluding hydrogens is 454 g/mol. The molecule has 0 amide bonds. The summed E-state index contributed by atoms with van der Waals surface area (Å²) in [5, 5.41) is 16.2. The fraction of sp³-hybridized carbons (Fsp3) is 0.389. The number of fused-ring (bicyclic) bond motifs is 1. The smallest absolute Gasteiger partial charge is 0.131 e. The summed E-state index contributed by atoms with van der Waals surface area (Å²) in [7, 11) is 0. The highest BCUT2D eigenvalue weighted by Crippen LogP contribution is 2.46. The molecule has 3 aromatic rings. The Balaban J connectivity index is 1.72. The molecule has 8 heteroatoms. The topological polar surface area (TPSA) is 71.2 Å². The zero-order valence-corrected chi connectivity index (χ0v) is 17.9. The fourth-order valence-electron chi connectivity index (χ4n) is 3.50. The van der Waals surface area contributed by atoms with Crippen molar-refractivity contribution in [2.24, 2.45) is 5.73 Å². The molecule has 0 unspecified atom stereocenters. The third-order valence-electron chi connectivity index (χ3n) is 4.87. The number of anilines is 1. The summed E-state index contributed by atoms with van der Waals surface area (Å²) in [5.74, 6) is 0.135. The molecule has 0 bridgehead atoms. The lowest BCUT2D eigenvalue weighted by Crippen LogP contribution is -2.42. The van der Waals surface area contributed by atoms with Crippen LogP contribution in [-0.2, 0) is 6.54 Å². The highest BCUT2D eigenvalue weighted by atomic mass is 79.9. The highest BCUT2D eigenvalue weighted by molar-refractivity contribution is 9.10. The number of thiophene rings is 2. The van der Waals surface area contributed by atoms with E-state index >= 15 is 0 Å². The second kappa shape index (κ2) is 7.73. The lowest BCUT2D eigenvalue weighted by Gasteiger charge is -2.32. The van der Waals surface area contributed by atoms with Gasteiger partial charge in [0.15, 0.2) is 0 Å². The molecule has 3 aromatic heterocycles. The van der Waals surface area contributed by atoms with Crippen LogP contribution in [0.2, 0.25) is 5.15 Å². The fourth-order valence-corrected chi connectivity index (χ4v) is 6.61. The third-order valence-corrected chi connectivity index (χ3v) is 8.35. The Kier molecular flexibility index (Phi) is 5.55. The molecule has 4 nitrogen and oxygen atoms in total. The summed E-state index contributed by atoms with van der Waals surface area (Å²) < 4.78 is 2.02. The van der Waals surface area contributed by atoms with Crippen molar-refractivity contribution in [3.05, 3.63) is 43.0 Å². The van der Waals surface area contributed by atoms with E-state index in [1.807, 2.05) is 12.1 Å². The number of pyridine rings is 1. The normalized spacial score (nSPS) is 23.5. The minimum atomic E-state index is -0.446. The molecule has 4 rings (SSSR count). The number of hydrogen-bond donors (Lipinski definition) is 3. The van der Waals surface area contributed by atoms with Gasteiger partial charge in [-0.3, -0.25) is 0 Å². The molecule has 1 aliphatic carbocycles. The van der Waals surface area contributed by atoms with Crippen molar-refractivity contribution in [3.8, 4) is 0 Å². The van der Waals surface area contributed by atoms with E-state index in [4.69, 9.17) is 17.3 Å². The standard InChI is InChI=1S/C18H19BrClN3OS2/c19-14-16-18(26-17(14)10-4-1-5-12(24)15(10)21)11(7-13(20)23-16)22-8-9-3-2-6-25-9/h2-3,6-7,10,12,15,24H,1,4-5,8,21H2,(H,22,23)/t10-,12+,15+/m0/s1. The van der Waals surface area contributed by atoms with E-state index in [-0.39, 0.29) is 12.0 Å². The average Bonchev–Trinajstić information content (AvgIpc) is 3.24. The van der Waals surface area contributed by atoms with Crippen LogP contribution in [0, 0.1) is 0 Å². The zero-order chi connectivity index (χ0) is 18.3. The van der Waals surface area contributed by atoms with Crippen molar-refractivity contribution in [3.63, 3.8) is 0 Å². The Morgan fingerprint density at radius 2 is 2.27 bits per heavy atom. The van der Waals surface area contributed by atoms with Crippen LogP contribution < -0.4 is 11.1 Å². The number of halogens is 2. The van der Waals surface area contributed by atoms with Gasteiger partial charge < -0.3 is 16.2 Å². The Labute approximate surface area is 173 Å². The van der Waals surface area contributed by atoms with E-state index in [1.54, 1.807) is 22.7 Å². The SMILES string of the molecule is N[C@H]1[C@H](O)CCC[C@@H]1c1sc2c(NCc3cccs3)cc(Cl)nc2c1Br. The Bertz CT molecular complexity index is 915. The van der Waals surface area contributed by atoms with Crippen LogP contribution in [0.1, 0.15) is 34.9 Å². The van der Waals surface area contributed by atoms with Crippen molar-refractivity contribution in [2.75, 3.05) is 5.32 Å². The molecule has 1 saturated carbocycles. The van der Waals surface area contributed by atoms with Gasteiger partial charge in [0.1, 0.15) is 5.15 Å². The van der Waals surface area contributed by atoms with Gasteiger partial charge in [0.2, 0.25) is 0 Å². The molecule has 0 aliphatic heterocycles. The molecule has 3 heterocycles. The number of hydrogen-bond acceptors (Lipinski definition) is 6. The first-order chi connectivity index (χ1) is 12.5.